The average Bonchev–Trinajstić information content (AvgIpc) is 3.40. The molecule has 1 N–H and O–H groups in total. The van der Waals surface area contributed by atoms with Gasteiger partial charge in [-0.15, -0.1) is 21.5 Å². The van der Waals surface area contributed by atoms with Gasteiger partial charge in [0, 0.05) is 10.4 Å². The predicted molar refractivity (Wildman–Crippen MR) is 109 cm³/mol. The molecule has 4 aromatic rings. The van der Waals surface area contributed by atoms with Crippen LogP contribution in [0.3, 0.4) is 0 Å². The van der Waals surface area contributed by atoms with E-state index in [0.29, 0.717) is 5.82 Å². The molecular weight excluding hydrogens is 370 g/mol. The second-order valence-corrected chi connectivity index (χ2v) is 7.42. The van der Waals surface area contributed by atoms with Gasteiger partial charge in [0.25, 0.3) is 0 Å². The van der Waals surface area contributed by atoms with Crippen LogP contribution < -0.4 is 5.32 Å². The molecule has 2 aromatic heterocycles. The number of amides is 1. The van der Waals surface area contributed by atoms with Crippen molar-refractivity contribution in [3.8, 4) is 11.4 Å². The largest absolute Gasteiger partial charge is 0.343 e. The van der Waals surface area contributed by atoms with Crippen molar-refractivity contribution in [3.63, 3.8) is 0 Å². The van der Waals surface area contributed by atoms with Crippen LogP contribution in [-0.4, -0.2) is 26.1 Å². The maximum Gasteiger partial charge on any atom is 0.244 e. The summed E-state index contributed by atoms with van der Waals surface area (Å²) in [5.41, 5.74) is 3.07. The summed E-state index contributed by atoms with van der Waals surface area (Å²) in [4.78, 5) is 15.0. The molecule has 0 aliphatic carbocycles. The molecule has 1 amide bonds. The Labute approximate surface area is 166 Å². The molecule has 0 radical (unpaired) electrons. The van der Waals surface area contributed by atoms with Gasteiger partial charge >= 0.3 is 0 Å². The number of aryl methyl sites for hydroxylation is 1. The van der Waals surface area contributed by atoms with Crippen LogP contribution in [0, 0.1) is 6.92 Å². The summed E-state index contributed by atoms with van der Waals surface area (Å²) in [6, 6.07) is 21.6. The summed E-state index contributed by atoms with van der Waals surface area (Å²) in [5, 5.41) is 17.5. The molecule has 4 rings (SSSR count). The third-order valence-electron chi connectivity index (χ3n) is 4.31. The highest BCUT2D eigenvalue weighted by Gasteiger charge is 2.18. The highest BCUT2D eigenvalue weighted by Crippen LogP contribution is 2.25. The van der Waals surface area contributed by atoms with Crippen molar-refractivity contribution in [1.82, 2.24) is 25.5 Å². The van der Waals surface area contributed by atoms with Gasteiger partial charge < -0.3 is 5.32 Å². The van der Waals surface area contributed by atoms with E-state index in [1.54, 1.807) is 11.3 Å². The minimum Gasteiger partial charge on any atom is -0.343 e. The lowest BCUT2D eigenvalue weighted by Gasteiger charge is -2.17. The van der Waals surface area contributed by atoms with Crippen molar-refractivity contribution in [2.45, 2.75) is 19.5 Å². The van der Waals surface area contributed by atoms with Gasteiger partial charge in [-0.2, -0.15) is 4.80 Å². The molecule has 2 heterocycles. The van der Waals surface area contributed by atoms with Gasteiger partial charge in [0.05, 0.1) is 6.04 Å². The van der Waals surface area contributed by atoms with Crippen LogP contribution in [0.5, 0.6) is 0 Å². The maximum absolute atomic E-state index is 12.6. The second kappa shape index (κ2) is 8.14. The smallest absolute Gasteiger partial charge is 0.244 e. The van der Waals surface area contributed by atoms with Crippen molar-refractivity contribution in [2.24, 2.45) is 0 Å². The van der Waals surface area contributed by atoms with Crippen molar-refractivity contribution < 1.29 is 4.79 Å². The molecule has 0 aliphatic heterocycles. The van der Waals surface area contributed by atoms with E-state index in [1.807, 2.05) is 79.0 Å². The van der Waals surface area contributed by atoms with Crippen molar-refractivity contribution >= 4 is 17.2 Å². The molecule has 6 nitrogen and oxygen atoms in total. The van der Waals surface area contributed by atoms with Gasteiger partial charge in [-0.1, -0.05) is 66.2 Å². The number of tetrazole rings is 1. The van der Waals surface area contributed by atoms with Crippen molar-refractivity contribution in [1.29, 1.82) is 0 Å². The first-order valence-corrected chi connectivity index (χ1v) is 9.79. The zero-order chi connectivity index (χ0) is 19.3. The summed E-state index contributed by atoms with van der Waals surface area (Å²) in [7, 11) is 0. The Bertz CT molecular complexity index is 1040. The Hall–Kier alpha value is -3.32. The molecule has 0 saturated carbocycles. The van der Waals surface area contributed by atoms with Crippen LogP contribution in [0.25, 0.3) is 11.4 Å². The molecule has 0 fully saturated rings. The third kappa shape index (κ3) is 4.15. The maximum atomic E-state index is 12.6. The first-order valence-electron chi connectivity index (χ1n) is 8.91. The normalized spacial score (nSPS) is 11.9. The average molecular weight is 389 g/mol. The Kier molecular flexibility index (Phi) is 5.25. The van der Waals surface area contributed by atoms with Crippen molar-refractivity contribution in [3.05, 3.63) is 88.1 Å². The number of hydrogen-bond acceptors (Lipinski definition) is 5. The minimum absolute atomic E-state index is 0.00751. The van der Waals surface area contributed by atoms with E-state index in [4.69, 9.17) is 0 Å². The Morgan fingerprint density at radius 1 is 1.07 bits per heavy atom. The number of rotatable bonds is 6. The lowest BCUT2D eigenvalue weighted by molar-refractivity contribution is -0.122. The molecular formula is C21H19N5OS. The number of nitrogens with one attached hydrogen (secondary N) is 1. The first-order chi connectivity index (χ1) is 13.7. The summed E-state index contributed by atoms with van der Waals surface area (Å²) in [6.45, 7) is 2.03. The molecule has 28 heavy (non-hydrogen) atoms. The highest BCUT2D eigenvalue weighted by atomic mass is 32.1. The predicted octanol–water partition coefficient (Wildman–Crippen LogP) is 3.62. The summed E-state index contributed by atoms with van der Waals surface area (Å²) in [6.07, 6.45) is 0. The Balaban J connectivity index is 1.48. The standard InChI is InChI=1S/C21H19N5OS/c1-15-9-11-17(12-10-15)21-23-25-26(24-21)14-19(27)22-20(18-8-5-13-28-18)16-6-3-2-4-7-16/h2-13,20H,14H2,1H3,(H,22,27)/t20-/m1/s1. The van der Waals surface area contributed by atoms with E-state index in [0.717, 1.165) is 21.6 Å². The lowest BCUT2D eigenvalue weighted by Crippen LogP contribution is -2.32. The Morgan fingerprint density at radius 3 is 2.57 bits per heavy atom. The zero-order valence-corrected chi connectivity index (χ0v) is 16.1. The fraction of sp³-hybridized carbons (Fsp3) is 0.143. The number of carbonyl (C=O) groups excluding carboxylic acids is 1. The van der Waals surface area contributed by atoms with Crippen LogP contribution in [0.15, 0.2) is 72.1 Å². The van der Waals surface area contributed by atoms with Crippen molar-refractivity contribution in [2.75, 3.05) is 0 Å². The first kappa shape index (κ1) is 18.1. The van der Waals surface area contributed by atoms with Crippen LogP contribution in [0.4, 0.5) is 0 Å². The summed E-state index contributed by atoms with van der Waals surface area (Å²) >= 11 is 1.61. The number of nitrogens with zero attached hydrogens (tertiary/aromatic N) is 4. The summed E-state index contributed by atoms with van der Waals surface area (Å²) < 4.78 is 0. The molecule has 0 unspecified atom stereocenters. The zero-order valence-electron chi connectivity index (χ0n) is 15.3. The van der Waals surface area contributed by atoms with Crippen LogP contribution >= 0.6 is 11.3 Å². The fourth-order valence-electron chi connectivity index (χ4n) is 2.88. The highest BCUT2D eigenvalue weighted by molar-refractivity contribution is 7.10. The monoisotopic (exact) mass is 389 g/mol. The number of aromatic nitrogens is 4. The molecule has 1 atom stereocenters. The SMILES string of the molecule is Cc1ccc(-c2nnn(CC(=O)N[C@H](c3ccccc3)c3cccs3)n2)cc1. The minimum atomic E-state index is -0.200. The quantitative estimate of drug-likeness (QED) is 0.547. The number of benzene rings is 2. The van der Waals surface area contributed by atoms with Crippen LogP contribution in [0.1, 0.15) is 22.0 Å². The molecule has 0 bridgehead atoms. The van der Waals surface area contributed by atoms with Gasteiger partial charge in [-0.3, -0.25) is 4.79 Å². The number of thiophene rings is 1. The second-order valence-electron chi connectivity index (χ2n) is 6.44. The van der Waals surface area contributed by atoms with Gasteiger partial charge in [0.1, 0.15) is 6.54 Å². The number of carbonyl (C=O) groups is 1. The molecule has 7 heteroatoms. The van der Waals surface area contributed by atoms with Gasteiger partial charge in [0.2, 0.25) is 11.7 Å². The van der Waals surface area contributed by atoms with E-state index < -0.39 is 0 Å². The van der Waals surface area contributed by atoms with Gasteiger partial charge in [0.15, 0.2) is 0 Å². The van der Waals surface area contributed by atoms with E-state index >= 15 is 0 Å². The summed E-state index contributed by atoms with van der Waals surface area (Å²) in [5.74, 6) is 0.334. The van der Waals surface area contributed by atoms with E-state index in [-0.39, 0.29) is 18.5 Å². The van der Waals surface area contributed by atoms with Gasteiger partial charge in [-0.25, -0.2) is 0 Å². The topological polar surface area (TPSA) is 72.7 Å². The lowest BCUT2D eigenvalue weighted by atomic mass is 10.1. The fourth-order valence-corrected chi connectivity index (χ4v) is 3.69. The van der Waals surface area contributed by atoms with E-state index in [1.165, 1.54) is 4.80 Å². The Morgan fingerprint density at radius 2 is 1.86 bits per heavy atom. The molecule has 2 aromatic carbocycles. The van der Waals surface area contributed by atoms with E-state index in [2.05, 4.69) is 20.7 Å². The molecule has 0 saturated heterocycles. The number of hydrogen-bond donors (Lipinski definition) is 1. The van der Waals surface area contributed by atoms with Gasteiger partial charge in [-0.05, 0) is 29.1 Å². The molecule has 0 spiro atoms. The third-order valence-corrected chi connectivity index (χ3v) is 5.25. The van der Waals surface area contributed by atoms with Crippen LogP contribution in [0.2, 0.25) is 0 Å². The molecule has 0 aliphatic rings. The molecule has 140 valence electrons. The van der Waals surface area contributed by atoms with Crippen LogP contribution in [-0.2, 0) is 11.3 Å². The van der Waals surface area contributed by atoms with E-state index in [9.17, 15) is 4.79 Å².